The van der Waals surface area contributed by atoms with Crippen molar-refractivity contribution in [2.75, 3.05) is 49.5 Å². The van der Waals surface area contributed by atoms with E-state index in [-0.39, 0.29) is 12.5 Å². The fourth-order valence-electron chi connectivity index (χ4n) is 3.53. The van der Waals surface area contributed by atoms with Crippen molar-refractivity contribution in [1.29, 1.82) is 0 Å². The monoisotopic (exact) mass is 476 g/mol. The molecule has 0 atom stereocenters. The molecule has 0 aliphatic carbocycles. The van der Waals surface area contributed by atoms with Crippen molar-refractivity contribution in [1.82, 2.24) is 9.88 Å². The molecule has 2 aromatic rings. The van der Waals surface area contributed by atoms with Crippen LogP contribution in [0.4, 0.5) is 24.7 Å². The summed E-state index contributed by atoms with van der Waals surface area (Å²) in [6, 6.07) is 9.50. The van der Waals surface area contributed by atoms with Crippen molar-refractivity contribution < 1.29 is 27.5 Å². The van der Waals surface area contributed by atoms with Crippen molar-refractivity contribution in [3.05, 3.63) is 59.8 Å². The Morgan fingerprint density at radius 1 is 1.09 bits per heavy atom. The molecule has 182 valence electrons. The van der Waals surface area contributed by atoms with E-state index in [2.05, 4.69) is 10.3 Å². The number of alkyl halides is 3. The molecule has 10 heteroatoms. The summed E-state index contributed by atoms with van der Waals surface area (Å²) >= 11 is 0. The minimum absolute atomic E-state index is 0.157. The SMILES string of the molecule is CCOC(=O)/C=C/c1ccc(NC(=O)CN2CCCN(c3ccc(C(F)(F)F)cn3)CC2)cc1. The third-order valence-corrected chi connectivity index (χ3v) is 5.25. The average Bonchev–Trinajstić information content (AvgIpc) is 3.04. The number of carbonyl (C=O) groups is 2. The number of hydrogen-bond donors (Lipinski definition) is 1. The molecule has 0 saturated carbocycles. The molecule has 0 bridgehead atoms. The Labute approximate surface area is 196 Å². The first kappa shape index (κ1) is 25.2. The van der Waals surface area contributed by atoms with Gasteiger partial charge in [0.2, 0.25) is 5.91 Å². The van der Waals surface area contributed by atoms with Crippen LogP contribution in [0.5, 0.6) is 0 Å². The van der Waals surface area contributed by atoms with Crippen molar-refractivity contribution in [3.8, 4) is 0 Å². The van der Waals surface area contributed by atoms with Gasteiger partial charge < -0.3 is 15.0 Å². The van der Waals surface area contributed by atoms with Crippen LogP contribution in [0.15, 0.2) is 48.7 Å². The predicted molar refractivity (Wildman–Crippen MR) is 123 cm³/mol. The smallest absolute Gasteiger partial charge is 0.417 e. The Hall–Kier alpha value is -3.40. The number of carbonyl (C=O) groups excluding carboxylic acids is 2. The molecule has 0 unspecified atom stereocenters. The zero-order chi connectivity index (χ0) is 24.6. The second-order valence-corrected chi connectivity index (χ2v) is 7.78. The zero-order valence-electron chi connectivity index (χ0n) is 18.8. The highest BCUT2D eigenvalue weighted by atomic mass is 19.4. The lowest BCUT2D eigenvalue weighted by atomic mass is 10.2. The maximum Gasteiger partial charge on any atom is 0.417 e. The van der Waals surface area contributed by atoms with Gasteiger partial charge in [0.05, 0.1) is 18.7 Å². The predicted octanol–water partition coefficient (Wildman–Crippen LogP) is 3.83. The highest BCUT2D eigenvalue weighted by Crippen LogP contribution is 2.29. The number of nitrogens with one attached hydrogen (secondary N) is 1. The van der Waals surface area contributed by atoms with Gasteiger partial charge in [-0.3, -0.25) is 9.69 Å². The number of aromatic nitrogens is 1. The van der Waals surface area contributed by atoms with Crippen molar-refractivity contribution in [3.63, 3.8) is 0 Å². The van der Waals surface area contributed by atoms with E-state index in [1.165, 1.54) is 12.1 Å². The summed E-state index contributed by atoms with van der Waals surface area (Å²) < 4.78 is 43.1. The first-order valence-electron chi connectivity index (χ1n) is 11.0. The quantitative estimate of drug-likeness (QED) is 0.484. The Morgan fingerprint density at radius 3 is 2.50 bits per heavy atom. The van der Waals surface area contributed by atoms with Crippen LogP contribution in [-0.4, -0.2) is 61.1 Å². The fourth-order valence-corrected chi connectivity index (χ4v) is 3.53. The van der Waals surface area contributed by atoms with E-state index in [0.29, 0.717) is 44.3 Å². The lowest BCUT2D eigenvalue weighted by molar-refractivity contribution is -0.138. The van der Waals surface area contributed by atoms with E-state index < -0.39 is 17.7 Å². The number of anilines is 2. The highest BCUT2D eigenvalue weighted by Gasteiger charge is 2.31. The normalized spacial score (nSPS) is 15.2. The van der Waals surface area contributed by atoms with Gasteiger partial charge in [0, 0.05) is 44.1 Å². The summed E-state index contributed by atoms with van der Waals surface area (Å²) in [5, 5.41) is 2.86. The number of amides is 1. The number of benzene rings is 1. The molecule has 34 heavy (non-hydrogen) atoms. The molecule has 1 amide bonds. The molecule has 1 fully saturated rings. The van der Waals surface area contributed by atoms with E-state index in [1.54, 1.807) is 37.3 Å². The fraction of sp³-hybridized carbons (Fsp3) is 0.375. The van der Waals surface area contributed by atoms with Crippen LogP contribution in [0.3, 0.4) is 0 Å². The van der Waals surface area contributed by atoms with Gasteiger partial charge >= 0.3 is 12.1 Å². The molecule has 1 aliphatic heterocycles. The van der Waals surface area contributed by atoms with Gasteiger partial charge in [-0.15, -0.1) is 0 Å². The van der Waals surface area contributed by atoms with Crippen LogP contribution in [-0.2, 0) is 20.5 Å². The Bertz CT molecular complexity index is 992. The molecular weight excluding hydrogens is 449 g/mol. The highest BCUT2D eigenvalue weighted by molar-refractivity contribution is 5.92. The van der Waals surface area contributed by atoms with Gasteiger partial charge in [-0.05, 0) is 49.2 Å². The molecular formula is C24H27F3N4O3. The summed E-state index contributed by atoms with van der Waals surface area (Å²) in [7, 11) is 0. The number of rotatable bonds is 7. The largest absolute Gasteiger partial charge is 0.463 e. The van der Waals surface area contributed by atoms with E-state index in [0.717, 1.165) is 24.2 Å². The molecule has 0 radical (unpaired) electrons. The lowest BCUT2D eigenvalue weighted by Crippen LogP contribution is -2.36. The van der Waals surface area contributed by atoms with E-state index in [4.69, 9.17) is 4.74 Å². The zero-order valence-corrected chi connectivity index (χ0v) is 18.8. The molecule has 1 aromatic heterocycles. The van der Waals surface area contributed by atoms with Gasteiger partial charge in [0.15, 0.2) is 0 Å². The second kappa shape index (κ2) is 11.6. The van der Waals surface area contributed by atoms with Crippen LogP contribution in [0.25, 0.3) is 6.08 Å². The van der Waals surface area contributed by atoms with Gasteiger partial charge in [0.25, 0.3) is 0 Å². The summed E-state index contributed by atoms with van der Waals surface area (Å²) in [6.45, 7) is 4.76. The Balaban J connectivity index is 1.48. The van der Waals surface area contributed by atoms with E-state index in [1.807, 2.05) is 9.80 Å². The Morgan fingerprint density at radius 2 is 1.85 bits per heavy atom. The number of nitrogens with zero attached hydrogens (tertiary/aromatic N) is 3. The number of hydrogen-bond acceptors (Lipinski definition) is 6. The van der Waals surface area contributed by atoms with Crippen LogP contribution in [0.1, 0.15) is 24.5 Å². The van der Waals surface area contributed by atoms with Gasteiger partial charge in [-0.1, -0.05) is 12.1 Å². The second-order valence-electron chi connectivity index (χ2n) is 7.78. The molecule has 1 saturated heterocycles. The van der Waals surface area contributed by atoms with Crippen molar-refractivity contribution >= 4 is 29.5 Å². The topological polar surface area (TPSA) is 74.8 Å². The Kier molecular flexibility index (Phi) is 8.64. The lowest BCUT2D eigenvalue weighted by Gasteiger charge is -2.22. The maximum absolute atomic E-state index is 12.7. The van der Waals surface area contributed by atoms with E-state index in [9.17, 15) is 22.8 Å². The first-order valence-corrected chi connectivity index (χ1v) is 11.0. The standard InChI is InChI=1S/C24H27F3N4O3/c1-2-34-23(33)11-6-18-4-8-20(9-5-18)29-22(32)17-30-12-3-13-31(15-14-30)21-10-7-19(16-28-21)24(25,26)27/h4-11,16H,2-3,12-15,17H2,1H3,(H,29,32)/b11-6+. The van der Waals surface area contributed by atoms with Crippen molar-refractivity contribution in [2.45, 2.75) is 19.5 Å². The molecule has 1 aliphatic rings. The third-order valence-electron chi connectivity index (χ3n) is 5.25. The number of pyridine rings is 1. The minimum atomic E-state index is -4.41. The maximum atomic E-state index is 12.7. The number of ether oxygens (including phenoxy) is 1. The van der Waals surface area contributed by atoms with Crippen LogP contribution >= 0.6 is 0 Å². The molecule has 2 heterocycles. The van der Waals surface area contributed by atoms with Crippen LogP contribution < -0.4 is 10.2 Å². The summed E-state index contributed by atoms with van der Waals surface area (Å²) in [4.78, 5) is 31.8. The number of halogens is 3. The van der Waals surface area contributed by atoms with E-state index >= 15 is 0 Å². The van der Waals surface area contributed by atoms with Crippen LogP contribution in [0.2, 0.25) is 0 Å². The molecule has 1 N–H and O–H groups in total. The third kappa shape index (κ3) is 7.58. The molecule has 0 spiro atoms. The first-order chi connectivity index (χ1) is 16.2. The van der Waals surface area contributed by atoms with Gasteiger partial charge in [0.1, 0.15) is 5.82 Å². The molecule has 7 nitrogen and oxygen atoms in total. The summed E-state index contributed by atoms with van der Waals surface area (Å²) in [5.41, 5.74) is 0.673. The molecule has 1 aromatic carbocycles. The number of esters is 1. The van der Waals surface area contributed by atoms with Gasteiger partial charge in [-0.2, -0.15) is 13.2 Å². The summed E-state index contributed by atoms with van der Waals surface area (Å²) in [5.74, 6) is -0.0719. The average molecular weight is 476 g/mol. The van der Waals surface area contributed by atoms with Gasteiger partial charge in [-0.25, -0.2) is 9.78 Å². The van der Waals surface area contributed by atoms with Crippen LogP contribution in [0, 0.1) is 0 Å². The minimum Gasteiger partial charge on any atom is -0.463 e. The molecule has 3 rings (SSSR count). The summed E-state index contributed by atoms with van der Waals surface area (Å²) in [6.07, 6.45) is 0.187. The van der Waals surface area contributed by atoms with Crippen molar-refractivity contribution in [2.24, 2.45) is 0 Å².